The van der Waals surface area contributed by atoms with Gasteiger partial charge in [0.25, 0.3) is 10.0 Å². The Labute approximate surface area is 111 Å². The van der Waals surface area contributed by atoms with Gasteiger partial charge >= 0.3 is 0 Å². The Kier molecular flexibility index (Phi) is 3.43. The molecule has 1 aromatic carbocycles. The molecule has 0 bridgehead atoms. The summed E-state index contributed by atoms with van der Waals surface area (Å²) < 4.78 is 31.8. The third-order valence-corrected chi connectivity index (χ3v) is 3.91. The molecule has 0 radical (unpaired) electrons. The third kappa shape index (κ3) is 2.68. The number of aromatic nitrogens is 3. The molecule has 0 saturated carbocycles. The lowest BCUT2D eigenvalue weighted by molar-refractivity contribution is 0.408. The fourth-order valence-corrected chi connectivity index (χ4v) is 2.96. The number of ether oxygens (including phenoxy) is 1. The van der Waals surface area contributed by atoms with Gasteiger partial charge in [0.05, 0.1) is 12.0 Å². The van der Waals surface area contributed by atoms with Crippen LogP contribution in [0.15, 0.2) is 23.4 Å². The first kappa shape index (κ1) is 13.3. The van der Waals surface area contributed by atoms with E-state index >= 15 is 0 Å². The normalized spacial score (nSPS) is 11.3. The number of nitrogens with one attached hydrogen (secondary N) is 2. The SMILES string of the molecule is COc1c(C)cc(S(=O)(=O)Nc2ncn[nH]2)cc1C. The number of hydrogen-bond donors (Lipinski definition) is 2. The van der Waals surface area contributed by atoms with E-state index in [1.165, 1.54) is 6.33 Å². The first-order chi connectivity index (χ1) is 8.94. The van der Waals surface area contributed by atoms with E-state index in [9.17, 15) is 8.42 Å². The third-order valence-electron chi connectivity index (χ3n) is 2.59. The molecular formula is C11H14N4O3S. The molecule has 0 amide bonds. The van der Waals surface area contributed by atoms with Crippen LogP contribution in [-0.4, -0.2) is 30.7 Å². The summed E-state index contributed by atoms with van der Waals surface area (Å²) in [6.45, 7) is 3.58. The summed E-state index contributed by atoms with van der Waals surface area (Å²) in [5, 5.41) is 6.02. The van der Waals surface area contributed by atoms with Gasteiger partial charge in [0.15, 0.2) is 0 Å². The molecule has 7 nitrogen and oxygen atoms in total. The van der Waals surface area contributed by atoms with E-state index in [0.717, 1.165) is 11.1 Å². The lowest BCUT2D eigenvalue weighted by Crippen LogP contribution is -2.14. The van der Waals surface area contributed by atoms with Crippen molar-refractivity contribution < 1.29 is 13.2 Å². The fraction of sp³-hybridized carbons (Fsp3) is 0.273. The topological polar surface area (TPSA) is 97.0 Å². The number of hydrogen-bond acceptors (Lipinski definition) is 5. The predicted octanol–water partition coefficient (Wildman–Crippen LogP) is 1.23. The van der Waals surface area contributed by atoms with Crippen molar-refractivity contribution in [3.63, 3.8) is 0 Å². The van der Waals surface area contributed by atoms with Crippen molar-refractivity contribution in [1.29, 1.82) is 0 Å². The second-order valence-corrected chi connectivity index (χ2v) is 5.71. The number of H-pyrrole nitrogens is 1. The quantitative estimate of drug-likeness (QED) is 0.879. The number of nitrogens with zero attached hydrogens (tertiary/aromatic N) is 2. The van der Waals surface area contributed by atoms with Crippen LogP contribution in [0.5, 0.6) is 5.75 Å². The number of rotatable bonds is 4. The van der Waals surface area contributed by atoms with Gasteiger partial charge in [0.2, 0.25) is 5.95 Å². The predicted molar refractivity (Wildman–Crippen MR) is 69.7 cm³/mol. The van der Waals surface area contributed by atoms with E-state index in [1.54, 1.807) is 33.1 Å². The molecule has 1 heterocycles. The first-order valence-corrected chi connectivity index (χ1v) is 6.96. The van der Waals surface area contributed by atoms with Crippen molar-refractivity contribution in [2.45, 2.75) is 18.7 Å². The van der Waals surface area contributed by atoms with E-state index < -0.39 is 10.0 Å². The van der Waals surface area contributed by atoms with Crippen LogP contribution in [0.4, 0.5) is 5.95 Å². The average Bonchev–Trinajstić information content (AvgIpc) is 2.80. The van der Waals surface area contributed by atoms with Gasteiger partial charge in [-0.1, -0.05) is 0 Å². The second-order valence-electron chi connectivity index (χ2n) is 4.03. The van der Waals surface area contributed by atoms with Crippen LogP contribution >= 0.6 is 0 Å². The zero-order valence-electron chi connectivity index (χ0n) is 10.8. The summed E-state index contributed by atoms with van der Waals surface area (Å²) in [6, 6.07) is 3.09. The van der Waals surface area contributed by atoms with Gasteiger partial charge in [-0.15, -0.1) is 0 Å². The molecule has 0 aliphatic rings. The van der Waals surface area contributed by atoms with Crippen molar-refractivity contribution in [3.8, 4) is 5.75 Å². The highest BCUT2D eigenvalue weighted by atomic mass is 32.2. The summed E-state index contributed by atoms with van der Waals surface area (Å²) in [7, 11) is -2.14. The maximum absolute atomic E-state index is 12.2. The summed E-state index contributed by atoms with van der Waals surface area (Å²) in [5.41, 5.74) is 1.50. The molecule has 0 aliphatic heterocycles. The highest BCUT2D eigenvalue weighted by Gasteiger charge is 2.18. The molecule has 0 fully saturated rings. The molecule has 2 aromatic rings. The molecule has 0 atom stereocenters. The standard InChI is InChI=1S/C11H14N4O3S/c1-7-4-9(5-8(2)10(7)18-3)19(16,17)15-11-12-6-13-14-11/h4-6H,1-3H3,(H2,12,13,14,15). The monoisotopic (exact) mass is 282 g/mol. The van der Waals surface area contributed by atoms with Gasteiger partial charge in [-0.2, -0.15) is 10.1 Å². The van der Waals surface area contributed by atoms with Gasteiger partial charge in [-0.3, -0.25) is 0 Å². The van der Waals surface area contributed by atoms with E-state index in [2.05, 4.69) is 19.9 Å². The van der Waals surface area contributed by atoms with Gasteiger partial charge < -0.3 is 4.74 Å². The molecule has 0 saturated heterocycles. The Hall–Kier alpha value is -2.09. The molecule has 1 aromatic heterocycles. The zero-order chi connectivity index (χ0) is 14.0. The number of benzene rings is 1. The van der Waals surface area contributed by atoms with Crippen LogP contribution in [0.1, 0.15) is 11.1 Å². The Morgan fingerprint density at radius 3 is 2.37 bits per heavy atom. The Morgan fingerprint density at radius 1 is 1.26 bits per heavy atom. The van der Waals surface area contributed by atoms with Gasteiger partial charge in [-0.25, -0.2) is 18.2 Å². The Morgan fingerprint density at radius 2 is 1.89 bits per heavy atom. The van der Waals surface area contributed by atoms with Crippen LogP contribution in [0.3, 0.4) is 0 Å². The molecule has 2 N–H and O–H groups in total. The molecule has 0 aliphatic carbocycles. The molecule has 102 valence electrons. The molecule has 0 unspecified atom stereocenters. The number of aromatic amines is 1. The number of sulfonamides is 1. The van der Waals surface area contributed by atoms with E-state index in [4.69, 9.17) is 4.74 Å². The van der Waals surface area contributed by atoms with E-state index in [-0.39, 0.29) is 10.8 Å². The summed E-state index contributed by atoms with van der Waals surface area (Å²) in [4.78, 5) is 3.88. The van der Waals surface area contributed by atoms with Crippen LogP contribution in [0.2, 0.25) is 0 Å². The van der Waals surface area contributed by atoms with Crippen LogP contribution in [0, 0.1) is 13.8 Å². The lowest BCUT2D eigenvalue weighted by Gasteiger charge is -2.11. The number of anilines is 1. The van der Waals surface area contributed by atoms with Crippen molar-refractivity contribution in [3.05, 3.63) is 29.6 Å². The van der Waals surface area contributed by atoms with Crippen LogP contribution in [-0.2, 0) is 10.0 Å². The van der Waals surface area contributed by atoms with E-state index in [0.29, 0.717) is 5.75 Å². The highest BCUT2D eigenvalue weighted by molar-refractivity contribution is 7.92. The minimum absolute atomic E-state index is 0.0751. The van der Waals surface area contributed by atoms with Crippen molar-refractivity contribution in [2.75, 3.05) is 11.8 Å². The first-order valence-electron chi connectivity index (χ1n) is 5.47. The highest BCUT2D eigenvalue weighted by Crippen LogP contribution is 2.27. The second kappa shape index (κ2) is 4.88. The summed E-state index contributed by atoms with van der Waals surface area (Å²) in [6.07, 6.45) is 1.22. The lowest BCUT2D eigenvalue weighted by atomic mass is 10.1. The van der Waals surface area contributed by atoms with Crippen molar-refractivity contribution in [2.24, 2.45) is 0 Å². The van der Waals surface area contributed by atoms with Gasteiger partial charge in [0, 0.05) is 0 Å². The maximum atomic E-state index is 12.2. The van der Waals surface area contributed by atoms with Crippen LogP contribution < -0.4 is 9.46 Å². The van der Waals surface area contributed by atoms with E-state index in [1.807, 2.05) is 0 Å². The summed E-state index contributed by atoms with van der Waals surface area (Å²) >= 11 is 0. The molecule has 8 heteroatoms. The van der Waals surface area contributed by atoms with Crippen molar-refractivity contribution in [1.82, 2.24) is 15.2 Å². The molecule has 0 spiro atoms. The minimum atomic E-state index is -3.69. The number of methoxy groups -OCH3 is 1. The maximum Gasteiger partial charge on any atom is 0.264 e. The average molecular weight is 282 g/mol. The molecular weight excluding hydrogens is 268 g/mol. The fourth-order valence-electron chi connectivity index (χ4n) is 1.83. The largest absolute Gasteiger partial charge is 0.496 e. The smallest absolute Gasteiger partial charge is 0.264 e. The zero-order valence-corrected chi connectivity index (χ0v) is 11.6. The molecule has 2 rings (SSSR count). The van der Waals surface area contributed by atoms with Crippen molar-refractivity contribution >= 4 is 16.0 Å². The van der Waals surface area contributed by atoms with Gasteiger partial charge in [-0.05, 0) is 37.1 Å². The van der Waals surface area contributed by atoms with Gasteiger partial charge in [0.1, 0.15) is 12.1 Å². The van der Waals surface area contributed by atoms with Crippen LogP contribution in [0.25, 0.3) is 0 Å². The molecule has 19 heavy (non-hydrogen) atoms. The Balaban J connectivity index is 2.41. The number of aryl methyl sites for hydroxylation is 2. The Bertz CT molecular complexity index is 657. The minimum Gasteiger partial charge on any atom is -0.496 e. The summed E-state index contributed by atoms with van der Waals surface area (Å²) in [5.74, 6) is 0.754.